The molecule has 3 rings (SSSR count). The molecule has 0 heterocycles. The molecule has 1 saturated carbocycles. The third-order valence-electron chi connectivity index (χ3n) is 7.02. The molecule has 2 aromatic rings. The highest BCUT2D eigenvalue weighted by molar-refractivity contribution is 5.44. The molecule has 30 heavy (non-hydrogen) atoms. The van der Waals surface area contributed by atoms with Crippen LogP contribution < -0.4 is 0 Å². The maximum absolute atomic E-state index is 3.33. The fraction of sp³-hybridized carbons (Fsp3) is 0.533. The SMILES string of the molecule is CCCCC1CCC(C(C)Cc2ccc(C#Cc3ccc(CCC)cc3)cc2)CC1. The predicted molar refractivity (Wildman–Crippen MR) is 131 cm³/mol. The third-order valence-corrected chi connectivity index (χ3v) is 7.02. The maximum atomic E-state index is 3.33. The third kappa shape index (κ3) is 7.05. The van der Waals surface area contributed by atoms with Crippen molar-refractivity contribution in [3.63, 3.8) is 0 Å². The molecule has 0 saturated heterocycles. The quantitative estimate of drug-likeness (QED) is 0.392. The standard InChI is InChI=1S/C30H40/c1-4-6-8-26-19-21-30(22-20-26)24(3)23-29-17-15-28(16-18-29)14-13-27-11-9-25(7-5-2)10-12-27/h9-12,15-18,24,26,30H,4-8,19-23H2,1-3H3. The summed E-state index contributed by atoms with van der Waals surface area (Å²) in [6, 6.07) is 17.7. The Bertz CT molecular complexity index is 792. The van der Waals surface area contributed by atoms with E-state index in [9.17, 15) is 0 Å². The van der Waals surface area contributed by atoms with Crippen molar-refractivity contribution in [3.8, 4) is 11.8 Å². The maximum Gasteiger partial charge on any atom is 0.0249 e. The van der Waals surface area contributed by atoms with E-state index < -0.39 is 0 Å². The molecule has 0 aliphatic heterocycles. The van der Waals surface area contributed by atoms with Gasteiger partial charge in [0.1, 0.15) is 0 Å². The molecule has 1 fully saturated rings. The summed E-state index contributed by atoms with van der Waals surface area (Å²) >= 11 is 0. The van der Waals surface area contributed by atoms with Gasteiger partial charge in [-0.15, -0.1) is 0 Å². The molecule has 0 amide bonds. The van der Waals surface area contributed by atoms with Crippen molar-refractivity contribution in [3.05, 3.63) is 70.8 Å². The highest BCUT2D eigenvalue weighted by Crippen LogP contribution is 2.36. The summed E-state index contributed by atoms with van der Waals surface area (Å²) < 4.78 is 0. The fourth-order valence-electron chi connectivity index (χ4n) is 4.99. The first-order chi connectivity index (χ1) is 14.7. The van der Waals surface area contributed by atoms with E-state index >= 15 is 0 Å². The summed E-state index contributed by atoms with van der Waals surface area (Å²) in [6.07, 6.45) is 13.6. The van der Waals surface area contributed by atoms with Crippen molar-refractivity contribution in [1.82, 2.24) is 0 Å². The molecule has 0 bridgehead atoms. The highest BCUT2D eigenvalue weighted by Gasteiger charge is 2.24. The number of unbranched alkanes of at least 4 members (excludes halogenated alkanes) is 1. The van der Waals surface area contributed by atoms with Crippen molar-refractivity contribution < 1.29 is 0 Å². The zero-order valence-corrected chi connectivity index (χ0v) is 19.4. The summed E-state index contributed by atoms with van der Waals surface area (Å²) in [5, 5.41) is 0. The Hall–Kier alpha value is -2.00. The first-order valence-electron chi connectivity index (χ1n) is 12.4. The number of hydrogen-bond donors (Lipinski definition) is 0. The zero-order valence-electron chi connectivity index (χ0n) is 19.4. The van der Waals surface area contributed by atoms with Crippen LogP contribution in [-0.2, 0) is 12.8 Å². The lowest BCUT2D eigenvalue weighted by Gasteiger charge is -2.32. The van der Waals surface area contributed by atoms with Crippen LogP contribution >= 0.6 is 0 Å². The molecule has 0 spiro atoms. The topological polar surface area (TPSA) is 0 Å². The molecule has 0 nitrogen and oxygen atoms in total. The Kier molecular flexibility index (Phi) is 9.07. The molecule has 0 N–H and O–H groups in total. The molecule has 1 atom stereocenters. The molecule has 0 heteroatoms. The minimum atomic E-state index is 0.788. The number of rotatable bonds is 8. The molecule has 1 unspecified atom stereocenters. The van der Waals surface area contributed by atoms with Gasteiger partial charge in [0, 0.05) is 11.1 Å². The van der Waals surface area contributed by atoms with Gasteiger partial charge in [0.25, 0.3) is 0 Å². The van der Waals surface area contributed by atoms with Crippen LogP contribution in [0.4, 0.5) is 0 Å². The van der Waals surface area contributed by atoms with Gasteiger partial charge in [-0.1, -0.05) is 95.4 Å². The summed E-state index contributed by atoms with van der Waals surface area (Å²) in [4.78, 5) is 0. The second kappa shape index (κ2) is 12.0. The van der Waals surface area contributed by atoms with Gasteiger partial charge in [-0.25, -0.2) is 0 Å². The second-order valence-corrected chi connectivity index (χ2v) is 9.50. The number of benzene rings is 2. The normalized spacial score (nSPS) is 19.7. The van der Waals surface area contributed by atoms with E-state index in [1.165, 1.54) is 68.9 Å². The largest absolute Gasteiger partial charge is 0.0654 e. The second-order valence-electron chi connectivity index (χ2n) is 9.50. The Morgan fingerprint density at radius 2 is 1.33 bits per heavy atom. The Morgan fingerprint density at radius 3 is 1.87 bits per heavy atom. The molecule has 2 aromatic carbocycles. The van der Waals surface area contributed by atoms with Crippen molar-refractivity contribution in [2.45, 2.75) is 85.0 Å². The summed E-state index contributed by atoms with van der Waals surface area (Å²) in [5.74, 6) is 9.35. The molecule has 0 aromatic heterocycles. The summed E-state index contributed by atoms with van der Waals surface area (Å²) in [5.41, 5.74) is 5.07. The molecule has 160 valence electrons. The van der Waals surface area contributed by atoms with E-state index in [1.54, 1.807) is 0 Å². The van der Waals surface area contributed by atoms with E-state index in [-0.39, 0.29) is 0 Å². The van der Waals surface area contributed by atoms with Crippen molar-refractivity contribution >= 4 is 0 Å². The van der Waals surface area contributed by atoms with Gasteiger partial charge in [0.05, 0.1) is 0 Å². The molecule has 1 aliphatic rings. The van der Waals surface area contributed by atoms with Gasteiger partial charge >= 0.3 is 0 Å². The van der Waals surface area contributed by atoms with Crippen LogP contribution in [0.15, 0.2) is 48.5 Å². The van der Waals surface area contributed by atoms with Crippen LogP contribution in [0.5, 0.6) is 0 Å². The van der Waals surface area contributed by atoms with E-state index in [0.29, 0.717) is 0 Å². The number of aryl methyl sites for hydroxylation is 1. The predicted octanol–water partition coefficient (Wildman–Crippen LogP) is 8.21. The van der Waals surface area contributed by atoms with E-state index in [2.05, 4.69) is 81.1 Å². The Morgan fingerprint density at radius 1 is 0.767 bits per heavy atom. The average molecular weight is 401 g/mol. The lowest BCUT2D eigenvalue weighted by atomic mass is 9.73. The van der Waals surface area contributed by atoms with Crippen molar-refractivity contribution in [1.29, 1.82) is 0 Å². The summed E-state index contributed by atoms with van der Waals surface area (Å²) in [7, 11) is 0. The fourth-order valence-corrected chi connectivity index (χ4v) is 4.99. The first-order valence-corrected chi connectivity index (χ1v) is 12.4. The van der Waals surface area contributed by atoms with Crippen LogP contribution in [-0.4, -0.2) is 0 Å². The number of hydrogen-bond acceptors (Lipinski definition) is 0. The molecule has 0 radical (unpaired) electrons. The molecular formula is C30H40. The van der Waals surface area contributed by atoms with Crippen LogP contribution in [0, 0.1) is 29.6 Å². The lowest BCUT2D eigenvalue weighted by Crippen LogP contribution is -2.21. The minimum absolute atomic E-state index is 0.788. The smallest absolute Gasteiger partial charge is 0.0249 e. The van der Waals surface area contributed by atoms with Gasteiger partial charge < -0.3 is 0 Å². The van der Waals surface area contributed by atoms with E-state index in [1.807, 2.05) is 0 Å². The van der Waals surface area contributed by atoms with Crippen LogP contribution in [0.2, 0.25) is 0 Å². The van der Waals surface area contributed by atoms with Crippen molar-refractivity contribution in [2.24, 2.45) is 17.8 Å². The molecular weight excluding hydrogens is 360 g/mol. The van der Waals surface area contributed by atoms with Crippen molar-refractivity contribution in [2.75, 3.05) is 0 Å². The minimum Gasteiger partial charge on any atom is -0.0654 e. The summed E-state index contributed by atoms with van der Waals surface area (Å²) in [6.45, 7) is 7.00. The van der Waals surface area contributed by atoms with Crippen LogP contribution in [0.25, 0.3) is 0 Å². The average Bonchev–Trinajstić information content (AvgIpc) is 2.79. The van der Waals surface area contributed by atoms with Crippen LogP contribution in [0.1, 0.15) is 94.4 Å². The van der Waals surface area contributed by atoms with E-state index in [0.717, 1.165) is 35.3 Å². The molecule has 1 aliphatic carbocycles. The first kappa shape index (κ1) is 22.7. The van der Waals surface area contributed by atoms with Gasteiger partial charge in [0.2, 0.25) is 0 Å². The van der Waals surface area contributed by atoms with Gasteiger partial charge in [-0.05, 0) is 78.8 Å². The van der Waals surface area contributed by atoms with Gasteiger partial charge in [-0.3, -0.25) is 0 Å². The monoisotopic (exact) mass is 400 g/mol. The highest BCUT2D eigenvalue weighted by atomic mass is 14.3. The lowest BCUT2D eigenvalue weighted by molar-refractivity contribution is 0.205. The zero-order chi connectivity index (χ0) is 21.2. The van der Waals surface area contributed by atoms with Gasteiger partial charge in [0.15, 0.2) is 0 Å². The van der Waals surface area contributed by atoms with E-state index in [4.69, 9.17) is 0 Å². The Labute approximate surface area is 185 Å². The van der Waals surface area contributed by atoms with Gasteiger partial charge in [-0.2, -0.15) is 0 Å². The van der Waals surface area contributed by atoms with Crippen LogP contribution in [0.3, 0.4) is 0 Å². The Balaban J connectivity index is 1.49.